The lowest BCUT2D eigenvalue weighted by Crippen LogP contribution is -2.43. The van der Waals surface area contributed by atoms with Gasteiger partial charge in [0.05, 0.1) is 11.6 Å². The fourth-order valence-electron chi connectivity index (χ4n) is 3.09. The zero-order chi connectivity index (χ0) is 18.5. The van der Waals surface area contributed by atoms with Crippen molar-refractivity contribution in [3.8, 4) is 5.75 Å². The molecule has 1 saturated carbocycles. The summed E-state index contributed by atoms with van der Waals surface area (Å²) in [4.78, 5) is 26.2. The van der Waals surface area contributed by atoms with Crippen LogP contribution in [0.4, 0.5) is 0 Å². The Labute approximate surface area is 164 Å². The van der Waals surface area contributed by atoms with Crippen molar-refractivity contribution in [2.24, 2.45) is 5.92 Å². The SMILES string of the molecule is O=C(NC1CC1)C1CCN(C(=O)CCCOc2ccc(Cl)cc2Cl)CC1. The van der Waals surface area contributed by atoms with Gasteiger partial charge in [-0.15, -0.1) is 0 Å². The summed E-state index contributed by atoms with van der Waals surface area (Å²) in [6, 6.07) is 5.48. The number of nitrogens with one attached hydrogen (secondary N) is 1. The normalized spacial score (nSPS) is 17.8. The van der Waals surface area contributed by atoms with E-state index in [-0.39, 0.29) is 17.7 Å². The number of ether oxygens (including phenoxy) is 1. The standard InChI is InChI=1S/C19H24Cl2N2O3/c20-14-3-6-17(16(21)12-14)26-11-1-2-18(24)23-9-7-13(8-10-23)19(25)22-15-4-5-15/h3,6,12-13,15H,1-2,4-5,7-11H2,(H,22,25). The maximum Gasteiger partial charge on any atom is 0.223 e. The first kappa shape index (κ1) is 19.3. The number of benzene rings is 1. The number of amides is 2. The van der Waals surface area contributed by atoms with Crippen LogP contribution in [-0.2, 0) is 9.59 Å². The molecule has 2 aliphatic rings. The molecule has 1 aromatic rings. The van der Waals surface area contributed by atoms with Crippen molar-refractivity contribution in [1.82, 2.24) is 10.2 Å². The van der Waals surface area contributed by atoms with Gasteiger partial charge in [0.1, 0.15) is 5.75 Å². The van der Waals surface area contributed by atoms with Crippen molar-refractivity contribution in [2.45, 2.75) is 44.6 Å². The Morgan fingerprint density at radius 3 is 2.54 bits per heavy atom. The number of likely N-dealkylation sites (tertiary alicyclic amines) is 1. The van der Waals surface area contributed by atoms with Gasteiger partial charge in [-0.25, -0.2) is 0 Å². The van der Waals surface area contributed by atoms with E-state index in [1.165, 1.54) is 0 Å². The molecule has 26 heavy (non-hydrogen) atoms. The van der Waals surface area contributed by atoms with E-state index in [2.05, 4.69) is 5.32 Å². The molecule has 2 fully saturated rings. The summed E-state index contributed by atoms with van der Waals surface area (Å²) >= 11 is 11.9. The molecule has 142 valence electrons. The van der Waals surface area contributed by atoms with Gasteiger partial charge in [-0.3, -0.25) is 9.59 Å². The highest BCUT2D eigenvalue weighted by atomic mass is 35.5. The van der Waals surface area contributed by atoms with Crippen LogP contribution in [0.15, 0.2) is 18.2 Å². The predicted molar refractivity (Wildman–Crippen MR) is 102 cm³/mol. The van der Waals surface area contributed by atoms with Crippen molar-refractivity contribution in [3.63, 3.8) is 0 Å². The van der Waals surface area contributed by atoms with Gasteiger partial charge in [0, 0.05) is 36.5 Å². The van der Waals surface area contributed by atoms with E-state index >= 15 is 0 Å². The minimum Gasteiger partial charge on any atom is -0.492 e. The summed E-state index contributed by atoms with van der Waals surface area (Å²) in [5.74, 6) is 0.908. The Bertz CT molecular complexity index is 656. The smallest absolute Gasteiger partial charge is 0.223 e. The third-order valence-corrected chi connectivity index (χ3v) is 5.36. The van der Waals surface area contributed by atoms with E-state index < -0.39 is 0 Å². The van der Waals surface area contributed by atoms with Crippen LogP contribution in [0.5, 0.6) is 5.75 Å². The quantitative estimate of drug-likeness (QED) is 0.712. The molecule has 0 aromatic heterocycles. The molecule has 7 heteroatoms. The van der Waals surface area contributed by atoms with Crippen LogP contribution in [0.3, 0.4) is 0 Å². The monoisotopic (exact) mass is 398 g/mol. The summed E-state index contributed by atoms with van der Waals surface area (Å²) in [5, 5.41) is 4.08. The number of rotatable bonds is 7. The molecular weight excluding hydrogens is 375 g/mol. The van der Waals surface area contributed by atoms with Crippen LogP contribution in [0.25, 0.3) is 0 Å². The Kier molecular flexibility index (Phi) is 6.65. The van der Waals surface area contributed by atoms with Gasteiger partial charge in [-0.1, -0.05) is 23.2 Å². The van der Waals surface area contributed by atoms with Gasteiger partial charge < -0.3 is 15.0 Å². The molecule has 5 nitrogen and oxygen atoms in total. The molecule has 2 amide bonds. The first-order valence-corrected chi connectivity index (χ1v) is 9.94. The highest BCUT2D eigenvalue weighted by molar-refractivity contribution is 6.35. The lowest BCUT2D eigenvalue weighted by atomic mass is 9.95. The van der Waals surface area contributed by atoms with Crippen LogP contribution in [0.1, 0.15) is 38.5 Å². The maximum absolute atomic E-state index is 12.3. The van der Waals surface area contributed by atoms with Crippen LogP contribution < -0.4 is 10.1 Å². The Morgan fingerprint density at radius 2 is 1.88 bits per heavy atom. The number of piperidine rings is 1. The first-order chi connectivity index (χ1) is 12.5. The lowest BCUT2D eigenvalue weighted by molar-refractivity contribution is -0.135. The zero-order valence-corrected chi connectivity index (χ0v) is 16.2. The van der Waals surface area contributed by atoms with Crippen LogP contribution >= 0.6 is 23.2 Å². The van der Waals surface area contributed by atoms with Crippen LogP contribution in [-0.4, -0.2) is 42.5 Å². The summed E-state index contributed by atoms with van der Waals surface area (Å²) in [6.07, 6.45) is 4.77. The average molecular weight is 399 g/mol. The van der Waals surface area contributed by atoms with Gasteiger partial charge >= 0.3 is 0 Å². The van der Waals surface area contributed by atoms with E-state index in [1.807, 2.05) is 4.90 Å². The minimum absolute atomic E-state index is 0.0510. The molecule has 1 N–H and O–H groups in total. The van der Waals surface area contributed by atoms with Crippen LogP contribution in [0.2, 0.25) is 10.0 Å². The van der Waals surface area contributed by atoms with E-state index in [4.69, 9.17) is 27.9 Å². The van der Waals surface area contributed by atoms with E-state index in [0.717, 1.165) is 25.7 Å². The number of nitrogens with zero attached hydrogens (tertiary/aromatic N) is 1. The van der Waals surface area contributed by atoms with Gasteiger partial charge in [0.2, 0.25) is 11.8 Å². The largest absolute Gasteiger partial charge is 0.492 e. The average Bonchev–Trinajstić information content (AvgIpc) is 3.44. The van der Waals surface area contributed by atoms with Crippen molar-refractivity contribution in [1.29, 1.82) is 0 Å². The first-order valence-electron chi connectivity index (χ1n) is 9.19. The Morgan fingerprint density at radius 1 is 1.15 bits per heavy atom. The second kappa shape index (κ2) is 8.96. The van der Waals surface area contributed by atoms with Crippen molar-refractivity contribution in [2.75, 3.05) is 19.7 Å². The second-order valence-corrected chi connectivity index (χ2v) is 7.81. The third kappa shape index (κ3) is 5.52. The third-order valence-electron chi connectivity index (χ3n) is 4.83. The summed E-state index contributed by atoms with van der Waals surface area (Å²) in [5.41, 5.74) is 0. The van der Waals surface area contributed by atoms with Crippen molar-refractivity contribution >= 4 is 35.0 Å². The van der Waals surface area contributed by atoms with E-state index in [1.54, 1.807) is 18.2 Å². The van der Waals surface area contributed by atoms with Gasteiger partial charge in [0.25, 0.3) is 0 Å². The van der Waals surface area contributed by atoms with Crippen molar-refractivity contribution < 1.29 is 14.3 Å². The van der Waals surface area contributed by atoms with Crippen LogP contribution in [0, 0.1) is 5.92 Å². The van der Waals surface area contributed by atoms with Crippen molar-refractivity contribution in [3.05, 3.63) is 28.2 Å². The molecular formula is C19H24Cl2N2O3. The summed E-state index contributed by atoms with van der Waals surface area (Å²) in [7, 11) is 0. The van der Waals surface area contributed by atoms with E-state index in [0.29, 0.717) is 54.4 Å². The highest BCUT2D eigenvalue weighted by Crippen LogP contribution is 2.27. The molecule has 1 saturated heterocycles. The molecule has 1 aromatic carbocycles. The second-order valence-electron chi connectivity index (χ2n) is 6.96. The number of halogens is 2. The van der Waals surface area contributed by atoms with Gasteiger partial charge in [0.15, 0.2) is 0 Å². The topological polar surface area (TPSA) is 58.6 Å². The number of carbonyl (C=O) groups excluding carboxylic acids is 2. The summed E-state index contributed by atoms with van der Waals surface area (Å²) in [6.45, 7) is 1.74. The minimum atomic E-state index is 0.0510. The maximum atomic E-state index is 12.3. The molecule has 0 atom stereocenters. The lowest BCUT2D eigenvalue weighted by Gasteiger charge is -2.31. The Balaban J connectivity index is 1.33. The molecule has 0 unspecified atom stereocenters. The highest BCUT2D eigenvalue weighted by Gasteiger charge is 2.30. The molecule has 0 bridgehead atoms. The molecule has 1 aliphatic heterocycles. The number of hydrogen-bond acceptors (Lipinski definition) is 3. The van der Waals surface area contributed by atoms with Gasteiger partial charge in [-0.2, -0.15) is 0 Å². The fraction of sp³-hybridized carbons (Fsp3) is 0.579. The molecule has 0 spiro atoms. The molecule has 1 aliphatic carbocycles. The molecule has 1 heterocycles. The Hall–Kier alpha value is -1.46. The number of hydrogen-bond donors (Lipinski definition) is 1. The molecule has 0 radical (unpaired) electrons. The zero-order valence-electron chi connectivity index (χ0n) is 14.7. The van der Waals surface area contributed by atoms with Gasteiger partial charge in [-0.05, 0) is 50.3 Å². The summed E-state index contributed by atoms with van der Waals surface area (Å²) < 4.78 is 5.61. The number of carbonyl (C=O) groups is 2. The molecule has 3 rings (SSSR count). The van der Waals surface area contributed by atoms with E-state index in [9.17, 15) is 9.59 Å². The predicted octanol–water partition coefficient (Wildman–Crippen LogP) is 3.67. The fourth-order valence-corrected chi connectivity index (χ4v) is 3.56.